The van der Waals surface area contributed by atoms with Gasteiger partial charge in [-0.15, -0.1) is 0 Å². The van der Waals surface area contributed by atoms with Crippen molar-refractivity contribution in [3.8, 4) is 0 Å². The molecular formula is C10H15NO2S. The Morgan fingerprint density at radius 3 is 2.36 bits per heavy atom. The number of hydrogen-bond donors (Lipinski definition) is 1. The molecule has 0 radical (unpaired) electrons. The molecule has 0 aliphatic heterocycles. The van der Waals surface area contributed by atoms with Crippen molar-refractivity contribution >= 4 is 9.84 Å². The second-order valence-corrected chi connectivity index (χ2v) is 5.30. The lowest BCUT2D eigenvalue weighted by Gasteiger charge is -2.09. The van der Waals surface area contributed by atoms with E-state index in [1.807, 2.05) is 6.92 Å². The fourth-order valence-corrected chi connectivity index (χ4v) is 2.69. The van der Waals surface area contributed by atoms with Gasteiger partial charge >= 0.3 is 0 Å². The summed E-state index contributed by atoms with van der Waals surface area (Å²) < 4.78 is 23.4. The Hall–Kier alpha value is -0.870. The molecular weight excluding hydrogens is 198 g/mol. The SMILES string of the molecule is CC[C@H](N)CS(=O)(=O)c1ccccc1. The Labute approximate surface area is 84.9 Å². The number of rotatable bonds is 4. The standard InChI is InChI=1S/C10H15NO2S/c1-2-9(11)8-14(12,13)10-6-4-3-5-7-10/h3-7,9H,2,8,11H2,1H3/t9-/m0/s1. The summed E-state index contributed by atoms with van der Waals surface area (Å²) in [4.78, 5) is 0.351. The third kappa shape index (κ3) is 2.82. The summed E-state index contributed by atoms with van der Waals surface area (Å²) in [6.07, 6.45) is 0.673. The molecule has 0 fully saturated rings. The van der Waals surface area contributed by atoms with Gasteiger partial charge in [0.2, 0.25) is 0 Å². The van der Waals surface area contributed by atoms with E-state index in [9.17, 15) is 8.42 Å². The van der Waals surface area contributed by atoms with Crippen LogP contribution in [0.3, 0.4) is 0 Å². The van der Waals surface area contributed by atoms with E-state index in [0.717, 1.165) is 0 Å². The second-order valence-electron chi connectivity index (χ2n) is 3.26. The summed E-state index contributed by atoms with van der Waals surface area (Å²) in [6.45, 7) is 1.88. The first-order chi connectivity index (χ1) is 6.56. The molecule has 78 valence electrons. The minimum atomic E-state index is -3.20. The Kier molecular flexibility index (Phi) is 3.66. The van der Waals surface area contributed by atoms with Crippen LogP contribution in [0.25, 0.3) is 0 Å². The van der Waals surface area contributed by atoms with Crippen LogP contribution < -0.4 is 5.73 Å². The zero-order chi connectivity index (χ0) is 10.6. The van der Waals surface area contributed by atoms with Crippen molar-refractivity contribution in [3.63, 3.8) is 0 Å². The Balaban J connectivity index is 2.87. The van der Waals surface area contributed by atoms with E-state index < -0.39 is 9.84 Å². The number of nitrogens with two attached hydrogens (primary N) is 1. The molecule has 1 rings (SSSR count). The van der Waals surface area contributed by atoms with Crippen LogP contribution in [0.5, 0.6) is 0 Å². The van der Waals surface area contributed by atoms with Gasteiger partial charge in [-0.05, 0) is 18.6 Å². The molecule has 0 aliphatic carbocycles. The fraction of sp³-hybridized carbons (Fsp3) is 0.400. The minimum Gasteiger partial charge on any atom is -0.327 e. The van der Waals surface area contributed by atoms with Crippen LogP contribution in [0.4, 0.5) is 0 Å². The molecule has 0 saturated carbocycles. The van der Waals surface area contributed by atoms with Crippen LogP contribution in [0.2, 0.25) is 0 Å². The molecule has 0 heterocycles. The van der Waals surface area contributed by atoms with Gasteiger partial charge in [-0.25, -0.2) is 8.42 Å². The maximum Gasteiger partial charge on any atom is 0.179 e. The van der Waals surface area contributed by atoms with Gasteiger partial charge in [0.1, 0.15) is 0 Å². The van der Waals surface area contributed by atoms with Crippen molar-refractivity contribution in [2.45, 2.75) is 24.3 Å². The van der Waals surface area contributed by atoms with E-state index in [1.165, 1.54) is 0 Å². The summed E-state index contributed by atoms with van der Waals surface area (Å²) in [5, 5.41) is 0. The predicted molar refractivity (Wildman–Crippen MR) is 56.8 cm³/mol. The van der Waals surface area contributed by atoms with E-state index in [2.05, 4.69) is 0 Å². The Morgan fingerprint density at radius 1 is 1.29 bits per heavy atom. The van der Waals surface area contributed by atoms with Gasteiger partial charge in [0.25, 0.3) is 0 Å². The van der Waals surface area contributed by atoms with Crippen molar-refractivity contribution in [1.82, 2.24) is 0 Å². The molecule has 0 bridgehead atoms. The average Bonchev–Trinajstić information content (AvgIpc) is 2.18. The highest BCUT2D eigenvalue weighted by Gasteiger charge is 2.16. The van der Waals surface area contributed by atoms with E-state index >= 15 is 0 Å². The fourth-order valence-electron chi connectivity index (χ4n) is 1.12. The molecule has 0 aliphatic rings. The summed E-state index contributed by atoms with van der Waals surface area (Å²) in [5.74, 6) is 0.0213. The summed E-state index contributed by atoms with van der Waals surface area (Å²) in [6, 6.07) is 8.13. The van der Waals surface area contributed by atoms with Crippen molar-refractivity contribution < 1.29 is 8.42 Å². The first kappa shape index (κ1) is 11.2. The third-order valence-electron chi connectivity index (χ3n) is 2.06. The zero-order valence-electron chi connectivity index (χ0n) is 8.18. The summed E-state index contributed by atoms with van der Waals surface area (Å²) >= 11 is 0. The highest BCUT2D eigenvalue weighted by molar-refractivity contribution is 7.91. The molecule has 1 aromatic carbocycles. The van der Waals surface area contributed by atoms with E-state index in [4.69, 9.17) is 5.73 Å². The van der Waals surface area contributed by atoms with Crippen molar-refractivity contribution in [1.29, 1.82) is 0 Å². The van der Waals surface area contributed by atoms with Gasteiger partial charge in [0.05, 0.1) is 10.6 Å². The lowest BCUT2D eigenvalue weighted by molar-refractivity contribution is 0.584. The van der Waals surface area contributed by atoms with Gasteiger partial charge in [0, 0.05) is 6.04 Å². The number of benzene rings is 1. The quantitative estimate of drug-likeness (QED) is 0.817. The van der Waals surface area contributed by atoms with Gasteiger partial charge in [-0.2, -0.15) is 0 Å². The van der Waals surface area contributed by atoms with Gasteiger partial charge in [-0.1, -0.05) is 25.1 Å². The second kappa shape index (κ2) is 4.57. The molecule has 0 spiro atoms. The molecule has 0 unspecified atom stereocenters. The Bertz CT molecular complexity index is 372. The number of hydrogen-bond acceptors (Lipinski definition) is 3. The first-order valence-electron chi connectivity index (χ1n) is 4.59. The highest BCUT2D eigenvalue weighted by atomic mass is 32.2. The van der Waals surface area contributed by atoms with E-state index in [-0.39, 0.29) is 11.8 Å². The predicted octanol–water partition coefficient (Wildman–Crippen LogP) is 1.20. The lowest BCUT2D eigenvalue weighted by Crippen LogP contribution is -2.28. The Morgan fingerprint density at radius 2 is 1.86 bits per heavy atom. The van der Waals surface area contributed by atoms with Crippen LogP contribution in [-0.4, -0.2) is 20.2 Å². The summed E-state index contributed by atoms with van der Waals surface area (Å²) in [7, 11) is -3.20. The maximum absolute atomic E-state index is 11.7. The van der Waals surface area contributed by atoms with Crippen molar-refractivity contribution in [2.24, 2.45) is 5.73 Å². The minimum absolute atomic E-state index is 0.0213. The van der Waals surface area contributed by atoms with Crippen molar-refractivity contribution in [2.75, 3.05) is 5.75 Å². The molecule has 0 amide bonds. The van der Waals surface area contributed by atoms with Gasteiger partial charge in [-0.3, -0.25) is 0 Å². The normalized spacial score (nSPS) is 13.9. The van der Waals surface area contributed by atoms with Crippen LogP contribution in [0.15, 0.2) is 35.2 Å². The smallest absolute Gasteiger partial charge is 0.179 e. The molecule has 14 heavy (non-hydrogen) atoms. The number of sulfone groups is 1. The largest absolute Gasteiger partial charge is 0.327 e. The van der Waals surface area contributed by atoms with Gasteiger partial charge < -0.3 is 5.73 Å². The zero-order valence-corrected chi connectivity index (χ0v) is 9.00. The van der Waals surface area contributed by atoms with Crippen LogP contribution in [0, 0.1) is 0 Å². The van der Waals surface area contributed by atoms with E-state index in [1.54, 1.807) is 30.3 Å². The molecule has 4 heteroatoms. The average molecular weight is 213 g/mol. The van der Waals surface area contributed by atoms with Gasteiger partial charge in [0.15, 0.2) is 9.84 Å². The lowest BCUT2D eigenvalue weighted by atomic mass is 10.3. The van der Waals surface area contributed by atoms with Crippen LogP contribution in [-0.2, 0) is 9.84 Å². The topological polar surface area (TPSA) is 60.2 Å². The van der Waals surface area contributed by atoms with Crippen LogP contribution >= 0.6 is 0 Å². The van der Waals surface area contributed by atoms with Crippen LogP contribution in [0.1, 0.15) is 13.3 Å². The third-order valence-corrected chi connectivity index (χ3v) is 3.92. The molecule has 1 atom stereocenters. The van der Waals surface area contributed by atoms with E-state index in [0.29, 0.717) is 11.3 Å². The maximum atomic E-state index is 11.7. The highest BCUT2D eigenvalue weighted by Crippen LogP contribution is 2.11. The van der Waals surface area contributed by atoms with Crippen molar-refractivity contribution in [3.05, 3.63) is 30.3 Å². The first-order valence-corrected chi connectivity index (χ1v) is 6.25. The summed E-state index contributed by atoms with van der Waals surface area (Å²) in [5.41, 5.74) is 5.62. The monoisotopic (exact) mass is 213 g/mol. The molecule has 1 aromatic rings. The molecule has 0 aromatic heterocycles. The molecule has 2 N–H and O–H groups in total. The molecule has 0 saturated heterocycles. The molecule has 3 nitrogen and oxygen atoms in total.